The van der Waals surface area contributed by atoms with E-state index in [1.807, 2.05) is 6.92 Å². The zero-order valence-electron chi connectivity index (χ0n) is 14.2. The van der Waals surface area contributed by atoms with Crippen LogP contribution >= 0.6 is 11.3 Å². The minimum atomic E-state index is 0.614. The number of likely N-dealkylation sites (N-methyl/N-ethyl adjacent to an activating group) is 1. The highest BCUT2D eigenvalue weighted by Gasteiger charge is 2.07. The molecule has 0 bridgehead atoms. The number of nitrogens with zero attached hydrogens (tertiary/aromatic N) is 3. The van der Waals surface area contributed by atoms with Crippen molar-refractivity contribution in [3.63, 3.8) is 0 Å². The Bertz CT molecular complexity index is 435. The van der Waals surface area contributed by atoms with Crippen molar-refractivity contribution in [1.29, 1.82) is 0 Å². The van der Waals surface area contributed by atoms with Gasteiger partial charge in [0.2, 0.25) is 0 Å². The van der Waals surface area contributed by atoms with Gasteiger partial charge in [0.05, 0.1) is 12.2 Å². The van der Waals surface area contributed by atoms with Crippen molar-refractivity contribution in [3.8, 4) is 0 Å². The third-order valence-electron chi connectivity index (χ3n) is 3.80. The van der Waals surface area contributed by atoms with E-state index in [0.717, 1.165) is 36.3 Å². The highest BCUT2D eigenvalue weighted by Crippen LogP contribution is 2.15. The van der Waals surface area contributed by atoms with Gasteiger partial charge >= 0.3 is 0 Å². The summed E-state index contributed by atoms with van der Waals surface area (Å²) >= 11 is 1.74. The monoisotopic (exact) mass is 311 g/mol. The number of aryl methyl sites for hydroxylation is 2. The van der Waals surface area contributed by atoms with Crippen molar-refractivity contribution in [2.75, 3.05) is 27.2 Å². The quantitative estimate of drug-likeness (QED) is 0.598. The number of hydrogen-bond donors (Lipinski definition) is 2. The Hall–Kier alpha value is -1.14. The van der Waals surface area contributed by atoms with Crippen LogP contribution in [0.15, 0.2) is 4.99 Å². The van der Waals surface area contributed by atoms with Gasteiger partial charge in [0, 0.05) is 31.1 Å². The van der Waals surface area contributed by atoms with Crippen LogP contribution in [0.25, 0.3) is 0 Å². The summed E-state index contributed by atoms with van der Waals surface area (Å²) in [7, 11) is 3.96. The molecule has 2 N–H and O–H groups in total. The molecule has 0 saturated carbocycles. The summed E-state index contributed by atoms with van der Waals surface area (Å²) in [5.74, 6) is 0.832. The number of hydrogen-bond acceptors (Lipinski definition) is 4. The highest BCUT2D eigenvalue weighted by molar-refractivity contribution is 7.11. The van der Waals surface area contributed by atoms with E-state index < -0.39 is 0 Å². The van der Waals surface area contributed by atoms with E-state index in [1.54, 1.807) is 18.4 Å². The van der Waals surface area contributed by atoms with Gasteiger partial charge in [0.1, 0.15) is 5.01 Å². The Kier molecular flexibility index (Phi) is 7.67. The maximum absolute atomic E-state index is 4.52. The summed E-state index contributed by atoms with van der Waals surface area (Å²) in [6.45, 7) is 11.2. The molecule has 1 rings (SSSR count). The first-order valence-corrected chi connectivity index (χ1v) is 8.37. The largest absolute Gasteiger partial charge is 0.355 e. The Morgan fingerprint density at radius 3 is 2.62 bits per heavy atom. The summed E-state index contributed by atoms with van der Waals surface area (Å²) in [6.07, 6.45) is 1.17. The Morgan fingerprint density at radius 1 is 1.38 bits per heavy atom. The molecule has 0 aliphatic rings. The van der Waals surface area contributed by atoms with Crippen molar-refractivity contribution in [3.05, 3.63) is 15.6 Å². The second-order valence-corrected chi connectivity index (χ2v) is 6.63. The van der Waals surface area contributed by atoms with Crippen molar-refractivity contribution >= 4 is 17.3 Å². The highest BCUT2D eigenvalue weighted by atomic mass is 32.1. The zero-order valence-corrected chi connectivity index (χ0v) is 15.0. The van der Waals surface area contributed by atoms with E-state index in [2.05, 4.69) is 53.3 Å². The average Bonchev–Trinajstić information content (AvgIpc) is 2.80. The molecule has 120 valence electrons. The fraction of sp³-hybridized carbons (Fsp3) is 0.733. The molecule has 1 unspecified atom stereocenters. The average molecular weight is 311 g/mol. The molecular formula is C15H29N5S. The van der Waals surface area contributed by atoms with Crippen LogP contribution in [-0.2, 0) is 6.54 Å². The minimum absolute atomic E-state index is 0.614. The van der Waals surface area contributed by atoms with Crippen LogP contribution in [0.3, 0.4) is 0 Å². The van der Waals surface area contributed by atoms with Gasteiger partial charge in [-0.3, -0.25) is 4.99 Å². The summed E-state index contributed by atoms with van der Waals surface area (Å²) in [4.78, 5) is 12.4. The molecule has 1 atom stereocenters. The molecule has 1 aromatic heterocycles. The molecule has 0 fully saturated rings. The predicted octanol–water partition coefficient (Wildman–Crippen LogP) is 2.16. The molecule has 0 aromatic carbocycles. The summed E-state index contributed by atoms with van der Waals surface area (Å²) in [5, 5.41) is 7.76. The predicted molar refractivity (Wildman–Crippen MR) is 92.2 cm³/mol. The van der Waals surface area contributed by atoms with Gasteiger partial charge in [0.25, 0.3) is 0 Å². The van der Waals surface area contributed by atoms with Crippen LogP contribution in [0.2, 0.25) is 0 Å². The number of thiazole rings is 1. The third kappa shape index (κ3) is 6.01. The van der Waals surface area contributed by atoms with Gasteiger partial charge in [-0.05, 0) is 34.2 Å². The van der Waals surface area contributed by atoms with Crippen LogP contribution in [0.5, 0.6) is 0 Å². The van der Waals surface area contributed by atoms with E-state index in [1.165, 1.54) is 11.3 Å². The zero-order chi connectivity index (χ0) is 15.8. The fourth-order valence-electron chi connectivity index (χ4n) is 1.88. The molecule has 21 heavy (non-hydrogen) atoms. The first kappa shape index (κ1) is 17.9. The summed E-state index contributed by atoms with van der Waals surface area (Å²) in [6, 6.07) is 0.614. The molecule has 6 heteroatoms. The number of nitrogens with one attached hydrogen (secondary N) is 2. The molecule has 1 aromatic rings. The number of rotatable bonds is 7. The van der Waals surface area contributed by atoms with Crippen LogP contribution < -0.4 is 10.6 Å². The van der Waals surface area contributed by atoms with Gasteiger partial charge in [-0.1, -0.05) is 6.92 Å². The number of aliphatic imine (C=N–C) groups is 1. The second kappa shape index (κ2) is 9.00. The first-order valence-electron chi connectivity index (χ1n) is 7.55. The standard InChI is InChI=1S/C15H29N5S/c1-7-11(2)20(6)9-8-17-15(16-5)18-10-14-19-12(3)13(4)21-14/h11H,7-10H2,1-6H3,(H2,16,17,18). The van der Waals surface area contributed by atoms with E-state index in [4.69, 9.17) is 0 Å². The number of aromatic nitrogens is 1. The van der Waals surface area contributed by atoms with Crippen molar-refractivity contribution in [2.45, 2.75) is 46.7 Å². The molecule has 0 radical (unpaired) electrons. The third-order valence-corrected chi connectivity index (χ3v) is 4.88. The fourth-order valence-corrected chi connectivity index (χ4v) is 2.75. The summed E-state index contributed by atoms with van der Waals surface area (Å²) in [5.41, 5.74) is 1.12. The first-order chi connectivity index (χ1) is 9.97. The van der Waals surface area contributed by atoms with E-state index in [-0.39, 0.29) is 0 Å². The van der Waals surface area contributed by atoms with E-state index in [9.17, 15) is 0 Å². The Balaban J connectivity index is 2.32. The molecule has 0 aliphatic heterocycles. The lowest BCUT2D eigenvalue weighted by Gasteiger charge is -2.23. The number of guanidine groups is 1. The topological polar surface area (TPSA) is 52.5 Å². The van der Waals surface area contributed by atoms with E-state index >= 15 is 0 Å². The smallest absolute Gasteiger partial charge is 0.191 e. The van der Waals surface area contributed by atoms with Crippen molar-refractivity contribution < 1.29 is 0 Å². The lowest BCUT2D eigenvalue weighted by atomic mass is 10.2. The Labute approximate surface area is 132 Å². The second-order valence-electron chi connectivity index (χ2n) is 5.34. The normalized spacial score (nSPS) is 13.6. The van der Waals surface area contributed by atoms with Gasteiger partial charge < -0.3 is 15.5 Å². The van der Waals surface area contributed by atoms with Crippen molar-refractivity contribution in [2.24, 2.45) is 4.99 Å². The molecular weight excluding hydrogens is 282 g/mol. The lowest BCUT2D eigenvalue weighted by Crippen LogP contribution is -2.42. The van der Waals surface area contributed by atoms with E-state index in [0.29, 0.717) is 6.04 Å². The Morgan fingerprint density at radius 2 is 2.10 bits per heavy atom. The van der Waals surface area contributed by atoms with Gasteiger partial charge in [0.15, 0.2) is 5.96 Å². The van der Waals surface area contributed by atoms with Crippen molar-refractivity contribution in [1.82, 2.24) is 20.5 Å². The molecule has 0 amide bonds. The SMILES string of the molecule is CCC(C)N(C)CCNC(=NC)NCc1nc(C)c(C)s1. The lowest BCUT2D eigenvalue weighted by molar-refractivity contribution is 0.255. The maximum atomic E-state index is 4.52. The molecule has 0 aliphatic carbocycles. The maximum Gasteiger partial charge on any atom is 0.191 e. The molecule has 0 spiro atoms. The van der Waals surface area contributed by atoms with Gasteiger partial charge in [-0.2, -0.15) is 0 Å². The summed E-state index contributed by atoms with van der Waals surface area (Å²) < 4.78 is 0. The molecule has 0 saturated heterocycles. The van der Waals surface area contributed by atoms with Gasteiger partial charge in [-0.15, -0.1) is 11.3 Å². The van der Waals surface area contributed by atoms with Gasteiger partial charge in [-0.25, -0.2) is 4.98 Å². The molecule has 1 heterocycles. The van der Waals surface area contributed by atoms with Crippen LogP contribution in [0.1, 0.15) is 35.8 Å². The van der Waals surface area contributed by atoms with Crippen LogP contribution in [-0.4, -0.2) is 49.1 Å². The molecule has 5 nitrogen and oxygen atoms in total. The van der Waals surface area contributed by atoms with Crippen LogP contribution in [0.4, 0.5) is 0 Å². The van der Waals surface area contributed by atoms with Crippen LogP contribution in [0, 0.1) is 13.8 Å². The minimum Gasteiger partial charge on any atom is -0.355 e.